The first kappa shape index (κ1) is 19.8. The van der Waals surface area contributed by atoms with E-state index in [4.69, 9.17) is 5.11 Å². The maximum atomic E-state index is 12.2. The van der Waals surface area contributed by atoms with Gasteiger partial charge < -0.3 is 10.0 Å². The van der Waals surface area contributed by atoms with E-state index in [0.717, 1.165) is 30.4 Å². The standard InChI is InChI=1S/C22H27NO3/c1-3-4-6-17(2)7-5-8-20-13-14-21(24)23(20)16-19-11-9-18(10-12-19)15-22(25)26/h5,8-12,17,20H,6-7,13-16H2,1-2H3,(H,25,26)/b8-5+. The van der Waals surface area contributed by atoms with Gasteiger partial charge >= 0.3 is 5.97 Å². The fraction of sp³-hybridized carbons (Fsp3) is 0.455. The van der Waals surface area contributed by atoms with E-state index in [2.05, 4.69) is 30.9 Å². The highest BCUT2D eigenvalue weighted by Gasteiger charge is 2.28. The molecule has 1 N–H and O–H groups in total. The summed E-state index contributed by atoms with van der Waals surface area (Å²) in [6.45, 7) is 4.61. The van der Waals surface area contributed by atoms with E-state index < -0.39 is 5.97 Å². The number of carbonyl (C=O) groups excluding carboxylic acids is 1. The smallest absolute Gasteiger partial charge is 0.307 e. The first-order chi connectivity index (χ1) is 12.5. The van der Waals surface area contributed by atoms with Crippen molar-refractivity contribution in [3.8, 4) is 11.8 Å². The van der Waals surface area contributed by atoms with Gasteiger partial charge in [0.1, 0.15) is 0 Å². The van der Waals surface area contributed by atoms with Gasteiger partial charge in [0.25, 0.3) is 0 Å². The molecule has 1 amide bonds. The monoisotopic (exact) mass is 353 g/mol. The van der Waals surface area contributed by atoms with Crippen LogP contribution >= 0.6 is 0 Å². The lowest BCUT2D eigenvalue weighted by Crippen LogP contribution is -2.31. The highest BCUT2D eigenvalue weighted by atomic mass is 16.4. The number of benzene rings is 1. The second-order valence-corrected chi connectivity index (χ2v) is 6.91. The molecule has 0 spiro atoms. The Morgan fingerprint density at radius 2 is 2.04 bits per heavy atom. The molecule has 1 saturated heterocycles. The maximum Gasteiger partial charge on any atom is 0.307 e. The van der Waals surface area contributed by atoms with Gasteiger partial charge in [-0.25, -0.2) is 0 Å². The minimum atomic E-state index is -0.836. The number of hydrogen-bond acceptors (Lipinski definition) is 2. The Bertz CT molecular complexity index is 709. The van der Waals surface area contributed by atoms with Crippen LogP contribution < -0.4 is 0 Å². The van der Waals surface area contributed by atoms with Crippen molar-refractivity contribution < 1.29 is 14.7 Å². The fourth-order valence-corrected chi connectivity index (χ4v) is 3.12. The van der Waals surface area contributed by atoms with Crippen LogP contribution in [0.5, 0.6) is 0 Å². The van der Waals surface area contributed by atoms with Gasteiger partial charge in [-0.3, -0.25) is 9.59 Å². The van der Waals surface area contributed by atoms with Crippen molar-refractivity contribution in [1.82, 2.24) is 4.90 Å². The van der Waals surface area contributed by atoms with E-state index in [1.54, 1.807) is 0 Å². The van der Waals surface area contributed by atoms with Crippen LogP contribution in [-0.2, 0) is 22.6 Å². The molecule has 138 valence electrons. The molecule has 4 heteroatoms. The number of nitrogens with zero attached hydrogens (tertiary/aromatic N) is 1. The molecular weight excluding hydrogens is 326 g/mol. The second-order valence-electron chi connectivity index (χ2n) is 6.91. The number of amides is 1. The summed E-state index contributed by atoms with van der Waals surface area (Å²) < 4.78 is 0. The number of carbonyl (C=O) groups is 2. The van der Waals surface area contributed by atoms with Crippen LogP contribution in [0.2, 0.25) is 0 Å². The number of rotatable bonds is 8. The molecule has 1 heterocycles. The fourth-order valence-electron chi connectivity index (χ4n) is 3.12. The summed E-state index contributed by atoms with van der Waals surface area (Å²) in [5.41, 5.74) is 1.80. The predicted molar refractivity (Wildman–Crippen MR) is 102 cm³/mol. The minimum absolute atomic E-state index is 0.0227. The summed E-state index contributed by atoms with van der Waals surface area (Å²) >= 11 is 0. The number of likely N-dealkylation sites (tertiary alicyclic amines) is 1. The van der Waals surface area contributed by atoms with Gasteiger partial charge in [0, 0.05) is 19.4 Å². The van der Waals surface area contributed by atoms with Crippen LogP contribution in [0.15, 0.2) is 36.4 Å². The molecule has 1 aromatic rings. The van der Waals surface area contributed by atoms with Gasteiger partial charge in [-0.1, -0.05) is 43.3 Å². The summed E-state index contributed by atoms with van der Waals surface area (Å²) in [4.78, 5) is 24.9. The largest absolute Gasteiger partial charge is 0.481 e. The Morgan fingerprint density at radius 1 is 1.35 bits per heavy atom. The molecule has 0 aliphatic carbocycles. The van der Waals surface area contributed by atoms with E-state index in [0.29, 0.717) is 18.9 Å². The summed E-state index contributed by atoms with van der Waals surface area (Å²) in [7, 11) is 0. The Kier molecular flexibility index (Phi) is 7.47. The zero-order valence-electron chi connectivity index (χ0n) is 15.6. The normalized spacial score (nSPS) is 18.0. The van der Waals surface area contributed by atoms with Crippen molar-refractivity contribution in [3.05, 3.63) is 47.5 Å². The molecule has 26 heavy (non-hydrogen) atoms. The average molecular weight is 353 g/mol. The van der Waals surface area contributed by atoms with E-state index in [1.807, 2.05) is 36.1 Å². The van der Waals surface area contributed by atoms with Gasteiger partial charge in [0.15, 0.2) is 0 Å². The molecule has 0 saturated carbocycles. The Labute approximate surface area is 155 Å². The van der Waals surface area contributed by atoms with E-state index in [-0.39, 0.29) is 18.4 Å². The topological polar surface area (TPSA) is 57.6 Å². The number of allylic oxidation sites excluding steroid dienone is 1. The number of carboxylic acid groups (broad SMARTS) is 1. The van der Waals surface area contributed by atoms with E-state index >= 15 is 0 Å². The van der Waals surface area contributed by atoms with Gasteiger partial charge in [-0.05, 0) is 36.8 Å². The molecule has 1 aliphatic rings. The lowest BCUT2D eigenvalue weighted by Gasteiger charge is -2.23. The van der Waals surface area contributed by atoms with Crippen molar-refractivity contribution in [2.45, 2.75) is 58.5 Å². The van der Waals surface area contributed by atoms with Crippen LogP contribution in [0.25, 0.3) is 0 Å². The van der Waals surface area contributed by atoms with Crippen LogP contribution in [-0.4, -0.2) is 27.9 Å². The van der Waals surface area contributed by atoms with Crippen molar-refractivity contribution in [2.24, 2.45) is 5.92 Å². The summed E-state index contributed by atoms with van der Waals surface area (Å²) in [6, 6.07) is 7.62. The zero-order chi connectivity index (χ0) is 18.9. The molecule has 1 aliphatic heterocycles. The zero-order valence-corrected chi connectivity index (χ0v) is 15.6. The number of aliphatic carboxylic acids is 1. The van der Waals surface area contributed by atoms with Gasteiger partial charge in [-0.15, -0.1) is 11.8 Å². The molecule has 0 radical (unpaired) electrons. The molecule has 2 atom stereocenters. The maximum absolute atomic E-state index is 12.2. The van der Waals surface area contributed by atoms with Gasteiger partial charge in [0.2, 0.25) is 5.91 Å². The second kappa shape index (κ2) is 9.82. The molecule has 0 bridgehead atoms. The third-order valence-electron chi connectivity index (χ3n) is 4.63. The predicted octanol–water partition coefficient (Wildman–Crippen LogP) is 3.80. The van der Waals surface area contributed by atoms with Crippen molar-refractivity contribution >= 4 is 11.9 Å². The third kappa shape index (κ3) is 6.07. The lowest BCUT2D eigenvalue weighted by molar-refractivity contribution is -0.136. The third-order valence-corrected chi connectivity index (χ3v) is 4.63. The average Bonchev–Trinajstić information content (AvgIpc) is 2.94. The lowest BCUT2D eigenvalue weighted by atomic mass is 10.0. The van der Waals surface area contributed by atoms with E-state index in [1.165, 1.54) is 0 Å². The number of hydrogen-bond donors (Lipinski definition) is 1. The summed E-state index contributed by atoms with van der Waals surface area (Å²) in [6.07, 6.45) is 7.66. The van der Waals surface area contributed by atoms with Crippen LogP contribution in [0, 0.1) is 17.8 Å². The molecule has 1 fully saturated rings. The van der Waals surface area contributed by atoms with Crippen molar-refractivity contribution in [3.63, 3.8) is 0 Å². The van der Waals surface area contributed by atoms with Gasteiger partial charge in [0.05, 0.1) is 12.5 Å². The first-order valence-electron chi connectivity index (χ1n) is 9.15. The summed E-state index contributed by atoms with van der Waals surface area (Å²) in [5.74, 6) is 5.89. The Hall–Kier alpha value is -2.54. The Balaban J connectivity index is 1.94. The molecular formula is C22H27NO3. The molecule has 2 rings (SSSR count). The van der Waals surface area contributed by atoms with Crippen LogP contribution in [0.3, 0.4) is 0 Å². The SMILES string of the molecule is CC#CCC(C)C/C=C/C1CCC(=O)N1Cc1ccc(CC(=O)O)cc1. The molecule has 1 aromatic carbocycles. The van der Waals surface area contributed by atoms with Gasteiger partial charge in [-0.2, -0.15) is 0 Å². The van der Waals surface area contributed by atoms with Crippen molar-refractivity contribution in [2.75, 3.05) is 0 Å². The number of carboxylic acids is 1. The Morgan fingerprint density at radius 3 is 2.69 bits per heavy atom. The molecule has 2 unspecified atom stereocenters. The highest BCUT2D eigenvalue weighted by Crippen LogP contribution is 2.23. The summed E-state index contributed by atoms with van der Waals surface area (Å²) in [5, 5.41) is 8.84. The molecule has 0 aromatic heterocycles. The quantitative estimate of drug-likeness (QED) is 0.571. The minimum Gasteiger partial charge on any atom is -0.481 e. The highest BCUT2D eigenvalue weighted by molar-refractivity contribution is 5.79. The van der Waals surface area contributed by atoms with Crippen LogP contribution in [0.1, 0.15) is 50.7 Å². The van der Waals surface area contributed by atoms with E-state index in [9.17, 15) is 9.59 Å². The van der Waals surface area contributed by atoms with Crippen molar-refractivity contribution in [1.29, 1.82) is 0 Å². The first-order valence-corrected chi connectivity index (χ1v) is 9.15. The molecule has 4 nitrogen and oxygen atoms in total. The van der Waals surface area contributed by atoms with Crippen LogP contribution in [0.4, 0.5) is 0 Å².